The Kier molecular flexibility index (Phi) is 8.59. The molecule has 1 N–H and O–H groups in total. The van der Waals surface area contributed by atoms with Crippen molar-refractivity contribution in [1.29, 1.82) is 0 Å². The van der Waals surface area contributed by atoms with E-state index in [9.17, 15) is 5.11 Å². The van der Waals surface area contributed by atoms with E-state index in [0.717, 1.165) is 68.3 Å². The number of hydrogen-bond donors (Lipinski definition) is 1. The largest absolute Gasteiger partial charge is 0.385 e. The van der Waals surface area contributed by atoms with Crippen LogP contribution in [-0.4, -0.2) is 75.0 Å². The molecule has 0 radical (unpaired) electrons. The molecule has 6 rings (SSSR count). The second-order valence-corrected chi connectivity index (χ2v) is 11.0. The molecule has 8 nitrogen and oxygen atoms in total. The predicted octanol–water partition coefficient (Wildman–Crippen LogP) is 4.34. The van der Waals surface area contributed by atoms with Crippen LogP contribution < -0.4 is 0 Å². The molecule has 212 valence electrons. The zero-order chi connectivity index (χ0) is 28.0. The third-order valence-corrected chi connectivity index (χ3v) is 8.01. The zero-order valence-corrected chi connectivity index (χ0v) is 23.6. The van der Waals surface area contributed by atoms with Crippen molar-refractivity contribution in [1.82, 2.24) is 24.5 Å². The fourth-order valence-electron chi connectivity index (χ4n) is 5.72. The molecule has 41 heavy (non-hydrogen) atoms. The summed E-state index contributed by atoms with van der Waals surface area (Å²) in [6, 6.07) is 19.3. The normalized spacial score (nSPS) is 17.7. The topological polar surface area (TPSA) is 79.8 Å². The van der Waals surface area contributed by atoms with Gasteiger partial charge in [-0.15, -0.1) is 0 Å². The fraction of sp³-hybridized carbons (Fsp3) is 0.394. The summed E-state index contributed by atoms with van der Waals surface area (Å²) in [5.74, 6) is 7.86. The number of aromatic nitrogens is 3. The van der Waals surface area contributed by atoms with Gasteiger partial charge in [0.15, 0.2) is 5.76 Å². The van der Waals surface area contributed by atoms with Crippen molar-refractivity contribution in [3.05, 3.63) is 95.2 Å². The van der Waals surface area contributed by atoms with Gasteiger partial charge >= 0.3 is 0 Å². The summed E-state index contributed by atoms with van der Waals surface area (Å²) in [4.78, 5) is 9.39. The third kappa shape index (κ3) is 6.95. The first kappa shape index (κ1) is 27.4. The molecule has 2 aromatic carbocycles. The van der Waals surface area contributed by atoms with Crippen LogP contribution in [0.2, 0.25) is 0 Å². The van der Waals surface area contributed by atoms with E-state index in [0.29, 0.717) is 24.2 Å². The molecule has 2 aliphatic heterocycles. The van der Waals surface area contributed by atoms with Crippen molar-refractivity contribution >= 4 is 0 Å². The summed E-state index contributed by atoms with van der Waals surface area (Å²) in [5, 5.41) is 14.1. The minimum atomic E-state index is -0.642. The molecule has 1 atom stereocenters. The van der Waals surface area contributed by atoms with Crippen LogP contribution in [0, 0.1) is 11.8 Å². The Labute approximate surface area is 241 Å². The number of imidazole rings is 1. The van der Waals surface area contributed by atoms with E-state index in [2.05, 4.69) is 56.0 Å². The number of likely N-dealkylation sites (tertiary alicyclic amines) is 1. The molecule has 2 saturated heterocycles. The van der Waals surface area contributed by atoms with Gasteiger partial charge in [-0.25, -0.2) is 4.98 Å². The van der Waals surface area contributed by atoms with Gasteiger partial charge in [-0.3, -0.25) is 9.80 Å². The quantitative estimate of drug-likeness (QED) is 0.343. The van der Waals surface area contributed by atoms with Crippen LogP contribution >= 0.6 is 0 Å². The molecule has 2 aliphatic rings. The SMILES string of the molecule is CC(O)c1nccn1Cc1cc(-c2ccc(C#Cc3ccc(CN4CCC(N5CCOCC5)CC4)cc3)cc2)on1. The van der Waals surface area contributed by atoms with Crippen molar-refractivity contribution in [3.63, 3.8) is 0 Å². The Morgan fingerprint density at radius 1 is 0.927 bits per heavy atom. The van der Waals surface area contributed by atoms with E-state index in [4.69, 9.17) is 9.26 Å². The summed E-state index contributed by atoms with van der Waals surface area (Å²) in [6.07, 6.45) is 5.35. The number of piperidine rings is 1. The van der Waals surface area contributed by atoms with Crippen LogP contribution in [-0.2, 0) is 17.8 Å². The van der Waals surface area contributed by atoms with E-state index in [-0.39, 0.29) is 0 Å². The highest BCUT2D eigenvalue weighted by atomic mass is 16.5. The molecule has 0 bridgehead atoms. The van der Waals surface area contributed by atoms with Gasteiger partial charge in [0, 0.05) is 60.8 Å². The highest BCUT2D eigenvalue weighted by molar-refractivity contribution is 5.59. The number of nitrogens with zero attached hydrogens (tertiary/aromatic N) is 5. The molecule has 4 aromatic rings. The average Bonchev–Trinajstić information content (AvgIpc) is 3.68. The predicted molar refractivity (Wildman–Crippen MR) is 157 cm³/mol. The van der Waals surface area contributed by atoms with Crippen LogP contribution in [0.1, 0.15) is 54.1 Å². The molecule has 0 amide bonds. The maximum absolute atomic E-state index is 9.87. The maximum Gasteiger partial charge on any atom is 0.167 e. The molecule has 0 spiro atoms. The fourth-order valence-corrected chi connectivity index (χ4v) is 5.72. The number of aliphatic hydroxyl groups is 1. The first-order valence-corrected chi connectivity index (χ1v) is 14.5. The number of hydrogen-bond acceptors (Lipinski definition) is 7. The number of rotatable bonds is 7. The number of aliphatic hydroxyl groups excluding tert-OH is 1. The van der Waals surface area contributed by atoms with Gasteiger partial charge < -0.3 is 18.9 Å². The molecule has 8 heteroatoms. The summed E-state index contributed by atoms with van der Waals surface area (Å²) in [5.41, 5.74) is 5.01. The second-order valence-electron chi connectivity index (χ2n) is 11.0. The molecule has 2 aromatic heterocycles. The highest BCUT2D eigenvalue weighted by Crippen LogP contribution is 2.23. The summed E-state index contributed by atoms with van der Waals surface area (Å²) in [7, 11) is 0. The van der Waals surface area contributed by atoms with Crippen molar-refractivity contribution in [2.75, 3.05) is 39.4 Å². The molecule has 0 saturated carbocycles. The smallest absolute Gasteiger partial charge is 0.167 e. The van der Waals surface area contributed by atoms with Gasteiger partial charge in [0.2, 0.25) is 0 Å². The first-order valence-electron chi connectivity index (χ1n) is 14.5. The number of morpholine rings is 1. The minimum Gasteiger partial charge on any atom is -0.385 e. The molecular weight excluding hydrogens is 514 g/mol. The second kappa shape index (κ2) is 12.8. The maximum atomic E-state index is 9.87. The Hall–Kier alpha value is -3.74. The lowest BCUT2D eigenvalue weighted by molar-refractivity contribution is 0.000230. The highest BCUT2D eigenvalue weighted by Gasteiger charge is 2.25. The molecular formula is C33H37N5O3. The molecule has 1 unspecified atom stereocenters. The van der Waals surface area contributed by atoms with Crippen molar-refractivity contribution < 1.29 is 14.4 Å². The van der Waals surface area contributed by atoms with Gasteiger partial charge in [-0.05, 0) is 74.8 Å². The summed E-state index contributed by atoms with van der Waals surface area (Å²) >= 11 is 0. The van der Waals surface area contributed by atoms with Crippen LogP contribution in [0.4, 0.5) is 0 Å². The van der Waals surface area contributed by atoms with E-state index < -0.39 is 6.10 Å². The minimum absolute atomic E-state index is 0.486. The van der Waals surface area contributed by atoms with Gasteiger partial charge in [0.25, 0.3) is 0 Å². The van der Waals surface area contributed by atoms with Crippen LogP contribution in [0.5, 0.6) is 0 Å². The number of benzene rings is 2. The van der Waals surface area contributed by atoms with Crippen LogP contribution in [0.15, 0.2) is 71.5 Å². The van der Waals surface area contributed by atoms with Crippen molar-refractivity contribution in [2.24, 2.45) is 0 Å². The summed E-state index contributed by atoms with van der Waals surface area (Å²) in [6.45, 7) is 9.42. The van der Waals surface area contributed by atoms with E-state index >= 15 is 0 Å². The van der Waals surface area contributed by atoms with Gasteiger partial charge in [0.05, 0.1) is 19.8 Å². The molecule has 0 aliphatic carbocycles. The lowest BCUT2D eigenvalue weighted by atomic mass is 10.0. The Balaban J connectivity index is 1.00. The van der Waals surface area contributed by atoms with E-state index in [1.165, 1.54) is 18.4 Å². The van der Waals surface area contributed by atoms with Crippen molar-refractivity contribution in [2.45, 2.75) is 45.0 Å². The Bertz CT molecular complexity index is 1470. The standard InChI is InChI=1S/C33H37N5O3/c1-25(39)33-34-14-17-38(33)24-30-22-32(41-35-30)29-10-8-27(9-11-29)3-2-26-4-6-28(7-5-26)23-36-15-12-31(13-16-36)37-18-20-40-21-19-37/h4-11,14,17,22,25,31,39H,12-13,15-16,18-21,23-24H2,1H3. The molecule has 2 fully saturated rings. The van der Waals surface area contributed by atoms with Crippen molar-refractivity contribution in [3.8, 4) is 23.2 Å². The lowest BCUT2D eigenvalue weighted by Crippen LogP contribution is -2.48. The zero-order valence-electron chi connectivity index (χ0n) is 23.6. The van der Waals surface area contributed by atoms with Crippen LogP contribution in [0.3, 0.4) is 0 Å². The number of ether oxygens (including phenoxy) is 1. The first-order chi connectivity index (χ1) is 20.1. The van der Waals surface area contributed by atoms with Gasteiger partial charge in [0.1, 0.15) is 17.6 Å². The third-order valence-electron chi connectivity index (χ3n) is 8.01. The van der Waals surface area contributed by atoms with Gasteiger partial charge in [-0.1, -0.05) is 29.1 Å². The Morgan fingerprint density at radius 3 is 2.29 bits per heavy atom. The lowest BCUT2D eigenvalue weighted by Gasteiger charge is -2.40. The summed E-state index contributed by atoms with van der Waals surface area (Å²) < 4.78 is 13.0. The van der Waals surface area contributed by atoms with Crippen LogP contribution in [0.25, 0.3) is 11.3 Å². The monoisotopic (exact) mass is 551 g/mol. The van der Waals surface area contributed by atoms with E-state index in [1.54, 1.807) is 13.1 Å². The molecule has 4 heterocycles. The van der Waals surface area contributed by atoms with E-state index in [1.807, 2.05) is 41.1 Å². The average molecular weight is 552 g/mol. The Morgan fingerprint density at radius 2 is 1.61 bits per heavy atom. The van der Waals surface area contributed by atoms with Gasteiger partial charge in [-0.2, -0.15) is 0 Å².